The maximum absolute atomic E-state index is 12.6. The molecule has 0 aromatic heterocycles. The average molecular weight is 327 g/mol. The highest BCUT2D eigenvalue weighted by Gasteiger charge is 2.28. The van der Waals surface area contributed by atoms with Crippen LogP contribution in [0.15, 0.2) is 22.7 Å². The van der Waals surface area contributed by atoms with E-state index in [-0.39, 0.29) is 5.91 Å². The second-order valence-corrected chi connectivity index (χ2v) is 5.51. The highest BCUT2D eigenvalue weighted by molar-refractivity contribution is 9.10. The van der Waals surface area contributed by atoms with Crippen molar-refractivity contribution in [2.45, 2.75) is 19.4 Å². The Morgan fingerprint density at radius 1 is 1.53 bits per heavy atom. The fourth-order valence-electron chi connectivity index (χ4n) is 2.15. The van der Waals surface area contributed by atoms with E-state index in [1.807, 2.05) is 23.1 Å². The topological polar surface area (TPSA) is 41.6 Å². The second-order valence-electron chi connectivity index (χ2n) is 4.66. The summed E-state index contributed by atoms with van der Waals surface area (Å²) in [6.45, 7) is 4.68. The van der Waals surface area contributed by atoms with Crippen molar-refractivity contribution < 1.29 is 9.53 Å². The Morgan fingerprint density at radius 2 is 2.26 bits per heavy atom. The number of hydrogen-bond donors (Lipinski definition) is 1. The first-order valence-electron chi connectivity index (χ1n) is 6.52. The molecule has 1 aromatic carbocycles. The first-order chi connectivity index (χ1) is 9.17. The van der Waals surface area contributed by atoms with Gasteiger partial charge in [0.15, 0.2) is 0 Å². The molecule has 1 amide bonds. The van der Waals surface area contributed by atoms with Crippen LogP contribution in [0.25, 0.3) is 0 Å². The number of halogens is 1. The molecule has 2 rings (SSSR count). The average Bonchev–Trinajstić information content (AvgIpc) is 2.35. The van der Waals surface area contributed by atoms with Crippen molar-refractivity contribution in [3.05, 3.63) is 28.2 Å². The summed E-state index contributed by atoms with van der Waals surface area (Å²) < 4.78 is 5.99. The summed E-state index contributed by atoms with van der Waals surface area (Å²) in [5.74, 6) is 0.834. The van der Waals surface area contributed by atoms with Crippen LogP contribution in [0.5, 0.6) is 5.75 Å². The fourth-order valence-corrected chi connectivity index (χ4v) is 2.69. The zero-order valence-corrected chi connectivity index (χ0v) is 12.9. The number of benzene rings is 1. The summed E-state index contributed by atoms with van der Waals surface area (Å²) in [6.07, 6.45) is 0.972. The molecule has 104 valence electrons. The Balaban J connectivity index is 2.18. The standard InChI is InChI=1S/C14H19BrN2O2/c1-3-6-17(11-8-16-9-11)14(18)10-4-5-13(19-2)12(15)7-10/h4-5,7,11,16H,3,6,8-9H2,1-2H3. The molecule has 0 bridgehead atoms. The van der Waals surface area contributed by atoms with Crippen LogP contribution in [-0.4, -0.2) is 43.6 Å². The van der Waals surface area contributed by atoms with Gasteiger partial charge in [-0.05, 0) is 40.5 Å². The second kappa shape index (κ2) is 6.39. The minimum Gasteiger partial charge on any atom is -0.496 e. The van der Waals surface area contributed by atoms with Gasteiger partial charge in [-0.15, -0.1) is 0 Å². The van der Waals surface area contributed by atoms with Crippen LogP contribution in [0.3, 0.4) is 0 Å². The van der Waals surface area contributed by atoms with Crippen molar-refractivity contribution in [3.8, 4) is 5.75 Å². The zero-order valence-electron chi connectivity index (χ0n) is 11.3. The smallest absolute Gasteiger partial charge is 0.254 e. The van der Waals surface area contributed by atoms with E-state index in [9.17, 15) is 4.79 Å². The van der Waals surface area contributed by atoms with Gasteiger partial charge in [0.25, 0.3) is 5.91 Å². The maximum Gasteiger partial charge on any atom is 0.254 e. The number of carbonyl (C=O) groups is 1. The van der Waals surface area contributed by atoms with E-state index in [1.54, 1.807) is 7.11 Å². The molecule has 1 N–H and O–H groups in total. The van der Waals surface area contributed by atoms with Crippen LogP contribution in [0.2, 0.25) is 0 Å². The van der Waals surface area contributed by atoms with Crippen LogP contribution in [-0.2, 0) is 0 Å². The Hall–Kier alpha value is -1.07. The summed E-state index contributed by atoms with van der Waals surface area (Å²) in [5, 5.41) is 3.21. The van der Waals surface area contributed by atoms with Crippen LogP contribution in [0.4, 0.5) is 0 Å². The largest absolute Gasteiger partial charge is 0.496 e. The molecule has 0 atom stereocenters. The summed E-state index contributed by atoms with van der Waals surface area (Å²) >= 11 is 3.42. The molecule has 0 saturated carbocycles. The van der Waals surface area contributed by atoms with Crippen molar-refractivity contribution in [1.82, 2.24) is 10.2 Å². The van der Waals surface area contributed by atoms with E-state index in [0.717, 1.165) is 36.3 Å². The number of hydrogen-bond acceptors (Lipinski definition) is 3. The summed E-state index contributed by atoms with van der Waals surface area (Å²) in [5.41, 5.74) is 0.702. The van der Waals surface area contributed by atoms with Crippen molar-refractivity contribution in [2.24, 2.45) is 0 Å². The Bertz CT molecular complexity index is 461. The van der Waals surface area contributed by atoms with Gasteiger partial charge in [-0.25, -0.2) is 0 Å². The predicted molar refractivity (Wildman–Crippen MR) is 78.7 cm³/mol. The molecule has 1 heterocycles. The quantitative estimate of drug-likeness (QED) is 0.902. The van der Waals surface area contributed by atoms with Crippen LogP contribution in [0, 0.1) is 0 Å². The first-order valence-corrected chi connectivity index (χ1v) is 7.32. The summed E-state index contributed by atoms with van der Waals surface area (Å²) in [7, 11) is 1.62. The number of rotatable bonds is 5. The van der Waals surface area contributed by atoms with Crippen molar-refractivity contribution >= 4 is 21.8 Å². The first kappa shape index (κ1) is 14.3. The molecule has 0 radical (unpaired) electrons. The third kappa shape index (κ3) is 3.09. The monoisotopic (exact) mass is 326 g/mol. The number of carbonyl (C=O) groups excluding carboxylic acids is 1. The van der Waals surface area contributed by atoms with Crippen LogP contribution < -0.4 is 10.1 Å². The lowest BCUT2D eigenvalue weighted by Gasteiger charge is -2.38. The normalized spacial score (nSPS) is 14.9. The Labute approximate surface area is 122 Å². The molecule has 0 aliphatic carbocycles. The van der Waals surface area contributed by atoms with E-state index >= 15 is 0 Å². The third-order valence-corrected chi connectivity index (χ3v) is 3.94. The number of amides is 1. The summed E-state index contributed by atoms with van der Waals surface area (Å²) in [6, 6.07) is 5.80. The number of methoxy groups -OCH3 is 1. The van der Waals surface area contributed by atoms with Crippen molar-refractivity contribution in [3.63, 3.8) is 0 Å². The molecule has 1 aliphatic rings. The van der Waals surface area contributed by atoms with E-state index in [2.05, 4.69) is 28.2 Å². The molecule has 1 aromatic rings. The van der Waals surface area contributed by atoms with Gasteiger partial charge >= 0.3 is 0 Å². The van der Waals surface area contributed by atoms with E-state index in [4.69, 9.17) is 4.74 Å². The van der Waals surface area contributed by atoms with Gasteiger partial charge in [0.2, 0.25) is 0 Å². The van der Waals surface area contributed by atoms with Gasteiger partial charge in [0.05, 0.1) is 17.6 Å². The maximum atomic E-state index is 12.6. The Morgan fingerprint density at radius 3 is 2.74 bits per heavy atom. The van der Waals surface area contributed by atoms with Gasteiger partial charge in [-0.2, -0.15) is 0 Å². The van der Waals surface area contributed by atoms with Crippen LogP contribution >= 0.6 is 15.9 Å². The third-order valence-electron chi connectivity index (χ3n) is 3.32. The molecule has 0 unspecified atom stereocenters. The molecule has 4 nitrogen and oxygen atoms in total. The minimum absolute atomic E-state index is 0.0942. The number of nitrogens with one attached hydrogen (secondary N) is 1. The SMILES string of the molecule is CCCN(C(=O)c1ccc(OC)c(Br)c1)C1CNC1. The van der Waals surface area contributed by atoms with Gasteiger partial charge in [0, 0.05) is 25.2 Å². The van der Waals surface area contributed by atoms with Gasteiger partial charge in [-0.1, -0.05) is 6.92 Å². The molecule has 5 heteroatoms. The number of ether oxygens (including phenoxy) is 1. The van der Waals surface area contributed by atoms with E-state index < -0.39 is 0 Å². The molecule has 0 spiro atoms. The van der Waals surface area contributed by atoms with Crippen molar-refractivity contribution in [2.75, 3.05) is 26.7 Å². The van der Waals surface area contributed by atoms with E-state index in [0.29, 0.717) is 11.6 Å². The van der Waals surface area contributed by atoms with Gasteiger partial charge < -0.3 is 15.0 Å². The minimum atomic E-state index is 0.0942. The molecule has 19 heavy (non-hydrogen) atoms. The molecular weight excluding hydrogens is 308 g/mol. The summed E-state index contributed by atoms with van der Waals surface area (Å²) in [4.78, 5) is 14.5. The van der Waals surface area contributed by atoms with Crippen LogP contribution in [0.1, 0.15) is 23.7 Å². The highest BCUT2D eigenvalue weighted by Crippen LogP contribution is 2.26. The lowest BCUT2D eigenvalue weighted by atomic mass is 10.1. The lowest BCUT2D eigenvalue weighted by molar-refractivity contribution is 0.0615. The molecular formula is C14H19BrN2O2. The van der Waals surface area contributed by atoms with Gasteiger partial charge in [-0.3, -0.25) is 4.79 Å². The number of nitrogens with zero attached hydrogens (tertiary/aromatic N) is 1. The molecule has 1 fully saturated rings. The predicted octanol–water partition coefficient (Wildman–Crippen LogP) is 2.28. The lowest BCUT2D eigenvalue weighted by Crippen LogP contribution is -2.59. The molecule has 1 saturated heterocycles. The van der Waals surface area contributed by atoms with Crippen molar-refractivity contribution in [1.29, 1.82) is 0 Å². The van der Waals surface area contributed by atoms with E-state index in [1.165, 1.54) is 0 Å². The zero-order chi connectivity index (χ0) is 13.8. The van der Waals surface area contributed by atoms with Gasteiger partial charge in [0.1, 0.15) is 5.75 Å². The molecule has 1 aliphatic heterocycles. The highest BCUT2D eigenvalue weighted by atomic mass is 79.9. The Kier molecular flexibility index (Phi) is 4.82. The fraction of sp³-hybridized carbons (Fsp3) is 0.500.